The van der Waals surface area contributed by atoms with E-state index in [1.807, 2.05) is 32.1 Å². The maximum atomic E-state index is 7.60. The monoisotopic (exact) mass is 235 g/mol. The van der Waals surface area contributed by atoms with E-state index in [-0.39, 0.29) is 5.71 Å². The molecule has 0 atom stereocenters. The molecule has 3 heteroatoms. The van der Waals surface area contributed by atoms with Crippen molar-refractivity contribution in [3.8, 4) is 0 Å². The Hall–Kier alpha value is -1.48. The number of allylic oxidation sites excluding steroid dienone is 6. The lowest BCUT2D eigenvalue weighted by molar-refractivity contribution is 1.09. The predicted octanol–water partition coefficient (Wildman–Crippen LogP) is 3.48. The molecule has 3 nitrogen and oxygen atoms in total. The lowest BCUT2D eigenvalue weighted by Gasteiger charge is -2.11. The number of nitrogens with two attached hydrogens (primary N) is 1. The Labute approximate surface area is 105 Å². The van der Waals surface area contributed by atoms with Crippen LogP contribution in [0.2, 0.25) is 0 Å². The maximum Gasteiger partial charge on any atom is 0.0864 e. The SMILES string of the molecule is C/C=C\C1=C(C)C=CC(=N)C1=N.CCC.CN. The van der Waals surface area contributed by atoms with Crippen LogP contribution < -0.4 is 5.73 Å². The average molecular weight is 235 g/mol. The van der Waals surface area contributed by atoms with Crippen LogP contribution in [0.25, 0.3) is 0 Å². The molecule has 17 heavy (non-hydrogen) atoms. The zero-order valence-electron chi connectivity index (χ0n) is 11.6. The molecule has 0 saturated carbocycles. The Kier molecular flexibility index (Phi) is 11.6. The molecule has 96 valence electrons. The molecule has 0 saturated heterocycles. The van der Waals surface area contributed by atoms with E-state index in [0.29, 0.717) is 5.71 Å². The quantitative estimate of drug-likeness (QED) is 0.598. The Morgan fingerprint density at radius 1 is 1.18 bits per heavy atom. The average Bonchev–Trinajstić information content (AvgIpc) is 2.33. The zero-order chi connectivity index (χ0) is 13.8. The van der Waals surface area contributed by atoms with Crippen molar-refractivity contribution in [2.24, 2.45) is 5.73 Å². The van der Waals surface area contributed by atoms with Crippen molar-refractivity contribution in [3.05, 3.63) is 35.5 Å². The summed E-state index contributed by atoms with van der Waals surface area (Å²) in [7, 11) is 1.50. The van der Waals surface area contributed by atoms with E-state index in [2.05, 4.69) is 19.6 Å². The van der Waals surface area contributed by atoms with Gasteiger partial charge in [-0.2, -0.15) is 0 Å². The summed E-state index contributed by atoms with van der Waals surface area (Å²) in [6, 6.07) is 0. The van der Waals surface area contributed by atoms with Gasteiger partial charge in [0.05, 0.1) is 11.4 Å². The molecular weight excluding hydrogens is 210 g/mol. The van der Waals surface area contributed by atoms with Crippen molar-refractivity contribution in [2.75, 3.05) is 7.05 Å². The van der Waals surface area contributed by atoms with Crippen LogP contribution in [0.15, 0.2) is 35.5 Å². The fourth-order valence-electron chi connectivity index (χ4n) is 1.11. The Bertz CT molecular complexity index is 333. The minimum Gasteiger partial charge on any atom is -0.333 e. The topological polar surface area (TPSA) is 73.7 Å². The first-order valence-corrected chi connectivity index (χ1v) is 5.85. The van der Waals surface area contributed by atoms with Gasteiger partial charge in [-0.05, 0) is 32.5 Å². The molecule has 0 aromatic rings. The zero-order valence-corrected chi connectivity index (χ0v) is 11.6. The molecule has 0 unspecified atom stereocenters. The van der Waals surface area contributed by atoms with E-state index in [4.69, 9.17) is 10.8 Å². The first-order chi connectivity index (χ1) is 8.08. The van der Waals surface area contributed by atoms with Crippen molar-refractivity contribution in [3.63, 3.8) is 0 Å². The van der Waals surface area contributed by atoms with Gasteiger partial charge in [0.1, 0.15) is 0 Å². The first kappa shape index (κ1) is 17.9. The lowest BCUT2D eigenvalue weighted by atomic mass is 9.95. The minimum absolute atomic E-state index is 0.286. The van der Waals surface area contributed by atoms with Gasteiger partial charge in [-0.15, -0.1) is 0 Å². The van der Waals surface area contributed by atoms with Gasteiger partial charge in [0.2, 0.25) is 0 Å². The second-order valence-electron chi connectivity index (χ2n) is 3.43. The van der Waals surface area contributed by atoms with Crippen LogP contribution in [-0.2, 0) is 0 Å². The Balaban J connectivity index is 0. The summed E-state index contributed by atoms with van der Waals surface area (Å²) in [6.45, 7) is 8.11. The fourth-order valence-corrected chi connectivity index (χ4v) is 1.11. The van der Waals surface area contributed by atoms with E-state index in [1.165, 1.54) is 13.5 Å². The fraction of sp³-hybridized carbons (Fsp3) is 0.429. The molecular formula is C14H25N3. The van der Waals surface area contributed by atoms with Gasteiger partial charge in [0.15, 0.2) is 0 Å². The smallest absolute Gasteiger partial charge is 0.0864 e. The molecule has 0 aromatic heterocycles. The Morgan fingerprint density at radius 2 is 1.65 bits per heavy atom. The largest absolute Gasteiger partial charge is 0.333 e. The summed E-state index contributed by atoms with van der Waals surface area (Å²) in [6.07, 6.45) is 8.54. The van der Waals surface area contributed by atoms with Gasteiger partial charge >= 0.3 is 0 Å². The first-order valence-electron chi connectivity index (χ1n) is 5.85. The molecule has 4 N–H and O–H groups in total. The second-order valence-corrected chi connectivity index (χ2v) is 3.43. The van der Waals surface area contributed by atoms with Gasteiger partial charge in [0.25, 0.3) is 0 Å². The number of hydrogen-bond donors (Lipinski definition) is 3. The molecule has 1 aliphatic carbocycles. The van der Waals surface area contributed by atoms with E-state index < -0.39 is 0 Å². The summed E-state index contributed by atoms with van der Waals surface area (Å²) in [5.41, 5.74) is 7.00. The number of rotatable bonds is 1. The highest BCUT2D eigenvalue weighted by Gasteiger charge is 2.11. The highest BCUT2D eigenvalue weighted by Crippen LogP contribution is 2.14. The standard InChI is InChI=1S/C10H12N2.C3H8.CH5N/c1-3-4-8-7(2)5-6-9(11)10(8)12;1-3-2;1-2/h3-6,11-12H,1-2H3;3H2,1-2H3;2H2,1H3/b4-3-,11-9?,12-10?;;. The number of hydrogen-bond acceptors (Lipinski definition) is 3. The van der Waals surface area contributed by atoms with Crippen LogP contribution in [0, 0.1) is 10.8 Å². The van der Waals surface area contributed by atoms with E-state index in [0.717, 1.165) is 11.1 Å². The van der Waals surface area contributed by atoms with Crippen molar-refractivity contribution in [1.82, 2.24) is 0 Å². The highest BCUT2D eigenvalue weighted by molar-refractivity contribution is 6.51. The summed E-state index contributed by atoms with van der Waals surface area (Å²) in [5, 5.41) is 15.0. The molecule has 1 aliphatic rings. The van der Waals surface area contributed by atoms with Crippen LogP contribution in [0.1, 0.15) is 34.1 Å². The third-order valence-electron chi connectivity index (χ3n) is 1.80. The minimum atomic E-state index is 0.286. The Morgan fingerprint density at radius 3 is 2.06 bits per heavy atom. The van der Waals surface area contributed by atoms with E-state index in [1.54, 1.807) is 6.08 Å². The van der Waals surface area contributed by atoms with Gasteiger partial charge < -0.3 is 5.73 Å². The molecule has 0 amide bonds. The molecule has 0 spiro atoms. The van der Waals surface area contributed by atoms with Gasteiger partial charge in [-0.3, -0.25) is 10.8 Å². The van der Waals surface area contributed by atoms with Gasteiger partial charge in [-0.1, -0.05) is 38.5 Å². The number of nitrogens with one attached hydrogen (secondary N) is 2. The predicted molar refractivity (Wildman–Crippen MR) is 78.2 cm³/mol. The molecule has 0 heterocycles. The van der Waals surface area contributed by atoms with Crippen molar-refractivity contribution in [1.29, 1.82) is 10.8 Å². The summed E-state index contributed by atoms with van der Waals surface area (Å²) in [5.74, 6) is 0. The van der Waals surface area contributed by atoms with Crippen molar-refractivity contribution >= 4 is 11.4 Å². The van der Waals surface area contributed by atoms with E-state index in [9.17, 15) is 0 Å². The molecule has 0 aromatic carbocycles. The van der Waals surface area contributed by atoms with Crippen molar-refractivity contribution < 1.29 is 0 Å². The summed E-state index contributed by atoms with van der Waals surface area (Å²) >= 11 is 0. The van der Waals surface area contributed by atoms with Crippen LogP contribution >= 0.6 is 0 Å². The van der Waals surface area contributed by atoms with Crippen LogP contribution in [0.5, 0.6) is 0 Å². The molecule has 0 bridgehead atoms. The molecule has 0 radical (unpaired) electrons. The van der Waals surface area contributed by atoms with Gasteiger partial charge in [0, 0.05) is 5.57 Å². The summed E-state index contributed by atoms with van der Waals surface area (Å²) < 4.78 is 0. The summed E-state index contributed by atoms with van der Waals surface area (Å²) in [4.78, 5) is 0. The van der Waals surface area contributed by atoms with Crippen molar-refractivity contribution in [2.45, 2.75) is 34.1 Å². The van der Waals surface area contributed by atoms with Crippen LogP contribution in [0.3, 0.4) is 0 Å². The molecule has 1 rings (SSSR count). The lowest BCUT2D eigenvalue weighted by Crippen LogP contribution is -2.15. The van der Waals surface area contributed by atoms with Crippen LogP contribution in [-0.4, -0.2) is 18.5 Å². The third-order valence-corrected chi connectivity index (χ3v) is 1.80. The third kappa shape index (κ3) is 6.64. The van der Waals surface area contributed by atoms with E-state index >= 15 is 0 Å². The molecule has 0 fully saturated rings. The normalized spacial score (nSPS) is 14.2. The molecule has 0 aliphatic heterocycles. The highest BCUT2D eigenvalue weighted by atomic mass is 14.5. The van der Waals surface area contributed by atoms with Gasteiger partial charge in [-0.25, -0.2) is 0 Å². The maximum absolute atomic E-state index is 7.60. The van der Waals surface area contributed by atoms with Crippen LogP contribution in [0.4, 0.5) is 0 Å². The second kappa shape index (κ2) is 11.0.